The molecule has 0 aromatic heterocycles. The first-order chi connectivity index (χ1) is 9.98. The van der Waals surface area contributed by atoms with E-state index in [9.17, 15) is 15.1 Å². The second-order valence-electron chi connectivity index (χ2n) is 6.29. The highest BCUT2D eigenvalue weighted by Crippen LogP contribution is 2.41. The molecular formula is C16H22ClNO4. The number of fused-ring (bicyclic) bond motifs is 2. The first-order valence-corrected chi connectivity index (χ1v) is 7.49. The molecule has 5 nitrogen and oxygen atoms in total. The van der Waals surface area contributed by atoms with E-state index in [-0.39, 0.29) is 35.2 Å². The van der Waals surface area contributed by atoms with Crippen LogP contribution in [-0.2, 0) is 9.53 Å². The summed E-state index contributed by atoms with van der Waals surface area (Å²) in [5.41, 5.74) is 0.533. The Hall–Kier alpha value is -1.14. The van der Waals surface area contributed by atoms with Crippen LogP contribution in [0.25, 0.3) is 0 Å². The van der Waals surface area contributed by atoms with Gasteiger partial charge in [-0.3, -0.25) is 0 Å². The fraction of sp³-hybridized carbons (Fsp3) is 0.562. The van der Waals surface area contributed by atoms with E-state index < -0.39 is 12.1 Å². The molecule has 5 atom stereocenters. The minimum atomic E-state index is -1.25. The van der Waals surface area contributed by atoms with Gasteiger partial charge in [-0.1, -0.05) is 30.3 Å². The van der Waals surface area contributed by atoms with Gasteiger partial charge in [0.15, 0.2) is 6.10 Å². The topological polar surface area (TPSA) is 69.6 Å². The van der Waals surface area contributed by atoms with Gasteiger partial charge in [-0.05, 0) is 5.56 Å². The van der Waals surface area contributed by atoms with Crippen LogP contribution in [-0.4, -0.2) is 41.0 Å². The Kier molecular flexibility index (Phi) is 5.12. The van der Waals surface area contributed by atoms with Crippen molar-refractivity contribution in [2.75, 3.05) is 7.05 Å². The number of hydrogen-bond acceptors (Lipinski definition) is 4. The van der Waals surface area contributed by atoms with E-state index in [4.69, 9.17) is 4.74 Å². The van der Waals surface area contributed by atoms with Crippen molar-refractivity contribution >= 4 is 18.4 Å². The molecule has 2 saturated heterocycles. The highest BCUT2D eigenvalue weighted by molar-refractivity contribution is 5.85. The zero-order valence-corrected chi connectivity index (χ0v) is 13.4. The van der Waals surface area contributed by atoms with Crippen LogP contribution in [0.4, 0.5) is 0 Å². The minimum absolute atomic E-state index is 0. The number of piperidine rings is 1. The van der Waals surface area contributed by atoms with Crippen molar-refractivity contribution in [2.24, 2.45) is 0 Å². The predicted octanol–water partition coefficient (Wildman–Crippen LogP) is 2.32. The Morgan fingerprint density at radius 2 is 1.82 bits per heavy atom. The number of carbonyl (C=O) groups is 1. The molecule has 22 heavy (non-hydrogen) atoms. The molecule has 122 valence electrons. The summed E-state index contributed by atoms with van der Waals surface area (Å²) in [4.78, 5) is 12.1. The predicted molar refractivity (Wildman–Crippen MR) is 84.1 cm³/mol. The molecule has 2 unspecified atom stereocenters. The van der Waals surface area contributed by atoms with Crippen molar-refractivity contribution in [2.45, 2.75) is 50.0 Å². The molecule has 1 aromatic rings. The quantitative estimate of drug-likeness (QED) is 0.525. The van der Waals surface area contributed by atoms with Gasteiger partial charge in [0.25, 0.3) is 0 Å². The number of aliphatic hydroxyl groups excluding tert-OH is 1. The zero-order valence-electron chi connectivity index (χ0n) is 12.6. The Morgan fingerprint density at radius 3 is 2.36 bits per heavy atom. The number of halogens is 1. The Balaban J connectivity index is 0.00000176. The SMILES string of the molecule is C[N+]1([O-])[C@@H]2CC[C@H]1CC(OC(=O)[C@H](O)c1ccccc1)C2.Cl. The first kappa shape index (κ1) is 17.2. The van der Waals surface area contributed by atoms with Gasteiger partial charge in [-0.15, -0.1) is 12.4 Å². The van der Waals surface area contributed by atoms with Gasteiger partial charge in [0.05, 0.1) is 19.1 Å². The number of hydroxylamine groups is 3. The summed E-state index contributed by atoms with van der Waals surface area (Å²) in [6.07, 6.45) is 1.51. The average molecular weight is 328 g/mol. The van der Waals surface area contributed by atoms with Crippen LogP contribution in [0.3, 0.4) is 0 Å². The standard InChI is InChI=1S/C16H21NO4.ClH/c1-17(20)12-7-8-13(17)10-14(9-12)21-16(19)15(18)11-5-3-2-4-6-11;/h2-6,12-15,18H,7-10H2,1H3;1H/t12-,13+,14?,15-,17?;/m1./s1. The van der Waals surface area contributed by atoms with Crippen molar-refractivity contribution in [1.82, 2.24) is 0 Å². The molecular weight excluding hydrogens is 306 g/mol. The van der Waals surface area contributed by atoms with E-state index in [2.05, 4.69) is 0 Å². The van der Waals surface area contributed by atoms with Gasteiger partial charge in [0.2, 0.25) is 0 Å². The number of quaternary nitrogens is 1. The third-order valence-corrected chi connectivity index (χ3v) is 4.97. The van der Waals surface area contributed by atoms with Crippen molar-refractivity contribution in [3.05, 3.63) is 41.1 Å². The third-order valence-electron chi connectivity index (χ3n) is 4.97. The number of nitrogens with zero attached hydrogens (tertiary/aromatic N) is 1. The number of esters is 1. The van der Waals surface area contributed by atoms with Gasteiger partial charge in [-0.25, -0.2) is 4.79 Å². The van der Waals surface area contributed by atoms with Gasteiger partial charge in [-0.2, -0.15) is 0 Å². The van der Waals surface area contributed by atoms with E-state index in [1.54, 1.807) is 31.3 Å². The second-order valence-corrected chi connectivity index (χ2v) is 6.29. The normalized spacial score (nSPS) is 34.6. The fourth-order valence-electron chi connectivity index (χ4n) is 3.65. The van der Waals surface area contributed by atoms with Crippen molar-refractivity contribution in [1.29, 1.82) is 0 Å². The van der Waals surface area contributed by atoms with Crippen LogP contribution < -0.4 is 0 Å². The van der Waals surface area contributed by atoms with Crippen molar-refractivity contribution < 1.29 is 19.3 Å². The number of hydrogen-bond donors (Lipinski definition) is 1. The van der Waals surface area contributed by atoms with Crippen LogP contribution in [0.15, 0.2) is 30.3 Å². The van der Waals surface area contributed by atoms with Crippen LogP contribution in [0, 0.1) is 5.21 Å². The lowest BCUT2D eigenvalue weighted by Crippen LogP contribution is -2.55. The lowest BCUT2D eigenvalue weighted by atomic mass is 9.99. The molecule has 2 aliphatic heterocycles. The van der Waals surface area contributed by atoms with Gasteiger partial charge in [0, 0.05) is 25.7 Å². The fourth-order valence-corrected chi connectivity index (χ4v) is 3.65. The van der Waals surface area contributed by atoms with E-state index in [0.717, 1.165) is 12.8 Å². The van der Waals surface area contributed by atoms with Crippen LogP contribution in [0.5, 0.6) is 0 Å². The Morgan fingerprint density at radius 1 is 1.27 bits per heavy atom. The smallest absolute Gasteiger partial charge is 0.339 e. The summed E-state index contributed by atoms with van der Waals surface area (Å²) in [5, 5.41) is 22.4. The Labute approximate surface area is 136 Å². The van der Waals surface area contributed by atoms with Crippen LogP contribution in [0.2, 0.25) is 0 Å². The number of carbonyl (C=O) groups excluding carboxylic acids is 1. The third kappa shape index (κ3) is 3.13. The van der Waals surface area contributed by atoms with Crippen LogP contribution >= 0.6 is 12.4 Å². The number of benzene rings is 1. The summed E-state index contributed by atoms with van der Waals surface area (Å²) in [6, 6.07) is 8.81. The molecule has 1 N–H and O–H groups in total. The number of rotatable bonds is 3. The molecule has 2 aliphatic rings. The first-order valence-electron chi connectivity index (χ1n) is 7.49. The summed E-state index contributed by atoms with van der Waals surface area (Å²) in [6.45, 7) is 0. The molecule has 2 heterocycles. The summed E-state index contributed by atoms with van der Waals surface area (Å²) in [5.74, 6) is -0.618. The molecule has 1 aromatic carbocycles. The van der Waals surface area contributed by atoms with Gasteiger partial charge < -0.3 is 19.7 Å². The van der Waals surface area contributed by atoms with Gasteiger partial charge in [0.1, 0.15) is 6.10 Å². The highest BCUT2D eigenvalue weighted by Gasteiger charge is 2.48. The van der Waals surface area contributed by atoms with Gasteiger partial charge >= 0.3 is 5.97 Å². The number of aliphatic hydroxyl groups is 1. The highest BCUT2D eigenvalue weighted by atomic mass is 35.5. The molecule has 0 aliphatic carbocycles. The molecule has 0 saturated carbocycles. The monoisotopic (exact) mass is 327 g/mol. The Bertz CT molecular complexity index is 506. The number of ether oxygens (including phenoxy) is 1. The van der Waals surface area contributed by atoms with E-state index in [0.29, 0.717) is 18.4 Å². The van der Waals surface area contributed by atoms with E-state index in [1.807, 2.05) is 6.07 Å². The minimum Gasteiger partial charge on any atom is -0.633 e. The maximum absolute atomic E-state index is 12.4. The summed E-state index contributed by atoms with van der Waals surface area (Å²) >= 11 is 0. The summed E-state index contributed by atoms with van der Waals surface area (Å²) in [7, 11) is 1.72. The second kappa shape index (κ2) is 6.54. The van der Waals surface area contributed by atoms with Crippen molar-refractivity contribution in [3.8, 4) is 0 Å². The van der Waals surface area contributed by atoms with E-state index in [1.165, 1.54) is 0 Å². The zero-order chi connectivity index (χ0) is 15.0. The molecule has 3 rings (SSSR count). The maximum Gasteiger partial charge on any atom is 0.339 e. The molecule has 2 bridgehead atoms. The van der Waals surface area contributed by atoms with E-state index >= 15 is 0 Å². The molecule has 0 amide bonds. The largest absolute Gasteiger partial charge is 0.633 e. The maximum atomic E-state index is 12.4. The molecule has 0 spiro atoms. The molecule has 2 fully saturated rings. The van der Waals surface area contributed by atoms with Crippen LogP contribution in [0.1, 0.15) is 37.4 Å². The van der Waals surface area contributed by atoms with Crippen molar-refractivity contribution in [3.63, 3.8) is 0 Å². The average Bonchev–Trinajstić information content (AvgIpc) is 2.67. The summed E-state index contributed by atoms with van der Waals surface area (Å²) < 4.78 is 5.24. The molecule has 0 radical (unpaired) electrons. The lowest BCUT2D eigenvalue weighted by molar-refractivity contribution is -0.903. The lowest BCUT2D eigenvalue weighted by Gasteiger charge is -2.50. The molecule has 6 heteroatoms.